The molecule has 0 aromatic heterocycles. The fraction of sp³-hybridized carbons (Fsp3) is 1.00. The largest absolute Gasteiger partial charge is 0.415 e. The van der Waals surface area contributed by atoms with E-state index in [0.717, 1.165) is 0 Å². The maximum atomic E-state index is 13.4. The molecule has 1 aliphatic heterocycles. The van der Waals surface area contributed by atoms with E-state index >= 15 is 0 Å². The topological polar surface area (TPSA) is 12.5 Å². The van der Waals surface area contributed by atoms with Crippen molar-refractivity contribution in [3.8, 4) is 0 Å². The van der Waals surface area contributed by atoms with Crippen molar-refractivity contribution >= 4 is 0 Å². The van der Waals surface area contributed by atoms with E-state index in [9.17, 15) is 87.8 Å². The number of halogens is 20. The molecule has 1 fully saturated rings. The summed E-state index contributed by atoms with van der Waals surface area (Å²) >= 11 is 0. The number of hydrogen-bond acceptors (Lipinski definition) is 1. The monoisotopic (exact) mass is 516 g/mol. The number of ether oxygens (including phenoxy) is 1. The Bertz CT molecular complexity index is 568. The molecule has 0 unspecified atom stereocenters. The van der Waals surface area contributed by atoms with E-state index < -0.39 is 59.6 Å². The third-order valence-electron chi connectivity index (χ3n) is 4.26. The average molecular weight is 516 g/mol. The Morgan fingerprint density at radius 3 is 0.548 bits per heavy atom. The standard InChI is InChI=1S/C10F20O/c11-4(12,13)1(5(14,15)16,6(17,18)19)3(10(29,30)31-3)2(7(20,21)22,8(23,24)25)9(26,27)28. The summed E-state index contributed by atoms with van der Waals surface area (Å²) in [5.41, 5.74) is -26.5. The van der Waals surface area contributed by atoms with Crippen molar-refractivity contribution in [2.24, 2.45) is 10.8 Å². The number of alkyl halides is 20. The summed E-state index contributed by atoms with van der Waals surface area (Å²) in [4.78, 5) is 0. The highest BCUT2D eigenvalue weighted by molar-refractivity contribution is 5.34. The van der Waals surface area contributed by atoms with Crippen LogP contribution in [0.2, 0.25) is 0 Å². The molecule has 0 radical (unpaired) electrons. The summed E-state index contributed by atoms with van der Waals surface area (Å²) in [5.74, 6) is 0. The molecular formula is C10F20O. The van der Waals surface area contributed by atoms with Crippen molar-refractivity contribution in [2.75, 3.05) is 0 Å². The van der Waals surface area contributed by atoms with Crippen LogP contribution in [-0.4, -0.2) is 48.8 Å². The fourth-order valence-electron chi connectivity index (χ4n) is 3.20. The van der Waals surface area contributed by atoms with Crippen molar-refractivity contribution in [3.05, 3.63) is 0 Å². The van der Waals surface area contributed by atoms with Crippen LogP contribution in [0.4, 0.5) is 87.8 Å². The average Bonchev–Trinajstić information content (AvgIpc) is 2.79. The Morgan fingerprint density at radius 2 is 0.484 bits per heavy atom. The van der Waals surface area contributed by atoms with Crippen molar-refractivity contribution < 1.29 is 92.5 Å². The van der Waals surface area contributed by atoms with Gasteiger partial charge in [0.2, 0.25) is 5.60 Å². The van der Waals surface area contributed by atoms with Crippen LogP contribution in [-0.2, 0) is 4.74 Å². The second-order valence-corrected chi connectivity index (χ2v) is 5.79. The van der Waals surface area contributed by atoms with E-state index in [2.05, 4.69) is 0 Å². The first-order chi connectivity index (χ1) is 13.0. The van der Waals surface area contributed by atoms with Gasteiger partial charge in [0, 0.05) is 0 Å². The Kier molecular flexibility index (Phi) is 5.44. The smallest absolute Gasteiger partial charge is 0.299 e. The zero-order valence-corrected chi connectivity index (χ0v) is 13.0. The molecule has 1 nitrogen and oxygen atoms in total. The van der Waals surface area contributed by atoms with Gasteiger partial charge < -0.3 is 0 Å². The molecule has 0 aliphatic carbocycles. The van der Waals surface area contributed by atoms with Gasteiger partial charge in [-0.3, -0.25) is 4.74 Å². The SMILES string of the molecule is FC(F)(F)C(C(F)(F)F)(C(F)(F)F)C1(C(C(F)(F)F)(C(F)(F)F)C(F)(F)F)OC1(F)F. The summed E-state index contributed by atoms with van der Waals surface area (Å²) in [5, 5.41) is 0. The minimum Gasteiger partial charge on any atom is -0.299 e. The minimum absolute atomic E-state index is 1.73. The van der Waals surface area contributed by atoms with Gasteiger partial charge in [0.15, 0.2) is 0 Å². The summed E-state index contributed by atoms with van der Waals surface area (Å²) in [6, 6.07) is 0. The molecule has 21 heteroatoms. The second kappa shape index (κ2) is 6.12. The molecule has 1 heterocycles. The highest BCUT2D eigenvalue weighted by atomic mass is 19.4. The van der Waals surface area contributed by atoms with E-state index in [1.807, 2.05) is 0 Å². The summed E-state index contributed by atoms with van der Waals surface area (Å²) in [7, 11) is 0. The van der Waals surface area contributed by atoms with Crippen LogP contribution in [0, 0.1) is 10.8 Å². The molecule has 186 valence electrons. The fourth-order valence-corrected chi connectivity index (χ4v) is 3.20. The molecule has 0 bridgehead atoms. The lowest BCUT2D eigenvalue weighted by Gasteiger charge is -2.50. The van der Waals surface area contributed by atoms with Crippen molar-refractivity contribution in [1.29, 1.82) is 0 Å². The molecule has 0 spiro atoms. The normalized spacial score (nSPS) is 21.3. The van der Waals surface area contributed by atoms with E-state index in [-0.39, 0.29) is 0 Å². The molecule has 0 N–H and O–H groups in total. The Balaban J connectivity index is 4.65. The van der Waals surface area contributed by atoms with Gasteiger partial charge >= 0.3 is 43.2 Å². The van der Waals surface area contributed by atoms with Crippen molar-refractivity contribution in [1.82, 2.24) is 0 Å². The molecule has 0 aromatic rings. The molecule has 0 amide bonds. The van der Waals surface area contributed by atoms with Gasteiger partial charge in [-0.1, -0.05) is 0 Å². The zero-order valence-electron chi connectivity index (χ0n) is 13.0. The number of epoxide rings is 1. The second-order valence-electron chi connectivity index (χ2n) is 5.79. The van der Waals surface area contributed by atoms with Gasteiger partial charge in [0.1, 0.15) is 0 Å². The minimum atomic E-state index is -9.02. The Morgan fingerprint density at radius 1 is 0.355 bits per heavy atom. The first-order valence-electron chi connectivity index (χ1n) is 6.44. The van der Waals surface area contributed by atoms with Crippen LogP contribution in [0.15, 0.2) is 0 Å². The number of hydrogen-bond donors (Lipinski definition) is 0. The summed E-state index contributed by atoms with van der Waals surface area (Å²) < 4.78 is 262. The van der Waals surface area contributed by atoms with E-state index in [1.54, 1.807) is 4.74 Å². The van der Waals surface area contributed by atoms with E-state index in [1.165, 1.54) is 0 Å². The highest BCUT2D eigenvalue weighted by Gasteiger charge is 3.14. The number of rotatable bonds is 2. The maximum Gasteiger partial charge on any atom is 0.415 e. The molecule has 1 saturated heterocycles. The van der Waals surface area contributed by atoms with Crippen molar-refractivity contribution in [3.63, 3.8) is 0 Å². The van der Waals surface area contributed by atoms with Crippen molar-refractivity contribution in [2.45, 2.75) is 48.8 Å². The Labute approximate surface area is 153 Å². The van der Waals surface area contributed by atoms with Crippen LogP contribution in [0.1, 0.15) is 0 Å². The Hall–Kier alpha value is -1.44. The van der Waals surface area contributed by atoms with Crippen LogP contribution < -0.4 is 0 Å². The predicted molar refractivity (Wildman–Crippen MR) is 50.0 cm³/mol. The van der Waals surface area contributed by atoms with E-state index in [4.69, 9.17) is 0 Å². The van der Waals surface area contributed by atoms with Gasteiger partial charge in [-0.05, 0) is 0 Å². The van der Waals surface area contributed by atoms with Gasteiger partial charge in [-0.2, -0.15) is 87.8 Å². The van der Waals surface area contributed by atoms with Crippen LogP contribution in [0.3, 0.4) is 0 Å². The van der Waals surface area contributed by atoms with Crippen LogP contribution in [0.25, 0.3) is 0 Å². The lowest BCUT2D eigenvalue weighted by molar-refractivity contribution is -0.509. The molecule has 1 rings (SSSR count). The lowest BCUT2D eigenvalue weighted by Crippen LogP contribution is -2.80. The predicted octanol–water partition coefficient (Wildman–Crippen LogP) is 6.69. The third kappa shape index (κ3) is 2.89. The maximum absolute atomic E-state index is 13.4. The van der Waals surface area contributed by atoms with Gasteiger partial charge in [-0.15, -0.1) is 0 Å². The molecule has 0 atom stereocenters. The van der Waals surface area contributed by atoms with E-state index in [0.29, 0.717) is 0 Å². The molecule has 1 aliphatic rings. The third-order valence-corrected chi connectivity index (χ3v) is 4.26. The molecule has 31 heavy (non-hydrogen) atoms. The van der Waals surface area contributed by atoms with Gasteiger partial charge in [-0.25, -0.2) is 0 Å². The lowest BCUT2D eigenvalue weighted by atomic mass is 9.57. The molecule has 0 saturated carbocycles. The molecule has 0 aromatic carbocycles. The first-order valence-corrected chi connectivity index (χ1v) is 6.44. The highest BCUT2D eigenvalue weighted by Crippen LogP contribution is 2.85. The summed E-state index contributed by atoms with van der Waals surface area (Å²) in [6.07, 6.45) is -59.8. The van der Waals surface area contributed by atoms with Crippen LogP contribution >= 0.6 is 0 Å². The van der Waals surface area contributed by atoms with Gasteiger partial charge in [0.25, 0.3) is 10.8 Å². The zero-order chi connectivity index (χ0) is 25.7. The quantitative estimate of drug-likeness (QED) is 0.294. The van der Waals surface area contributed by atoms with Crippen LogP contribution in [0.5, 0.6) is 0 Å². The molecular weight excluding hydrogens is 516 g/mol. The summed E-state index contributed by atoms with van der Waals surface area (Å²) in [6.45, 7) is 0. The first kappa shape index (κ1) is 27.6. The van der Waals surface area contributed by atoms with Gasteiger partial charge in [0.05, 0.1) is 0 Å².